The zero-order chi connectivity index (χ0) is 18.1. The predicted octanol–water partition coefficient (Wildman–Crippen LogP) is 2.95. The molecule has 0 spiro atoms. The molecule has 1 fully saturated rings. The van der Waals surface area contributed by atoms with E-state index in [1.807, 2.05) is 44.2 Å². The molecule has 0 saturated heterocycles. The Morgan fingerprint density at radius 1 is 1.32 bits per heavy atom. The zero-order valence-electron chi connectivity index (χ0n) is 15.3. The lowest BCUT2D eigenvalue weighted by atomic mass is 10.2. The number of rotatable bonds is 6. The van der Waals surface area contributed by atoms with Gasteiger partial charge >= 0.3 is 0 Å². The number of nitrogens with zero attached hydrogens (tertiary/aromatic N) is 2. The first-order chi connectivity index (χ1) is 11.9. The van der Waals surface area contributed by atoms with Crippen molar-refractivity contribution in [3.8, 4) is 11.4 Å². The van der Waals surface area contributed by atoms with E-state index in [1.165, 1.54) is 0 Å². The van der Waals surface area contributed by atoms with E-state index < -0.39 is 6.10 Å². The van der Waals surface area contributed by atoms with Gasteiger partial charge in [0.25, 0.3) is 5.91 Å². The lowest BCUT2D eigenvalue weighted by Gasteiger charge is -2.21. The normalized spacial score (nSPS) is 15.1. The van der Waals surface area contributed by atoms with Crippen molar-refractivity contribution in [3.63, 3.8) is 0 Å². The number of likely N-dealkylation sites (N-methyl/N-ethyl adjacent to an activating group) is 1. The van der Waals surface area contributed by atoms with Crippen LogP contribution in [-0.4, -0.2) is 47.3 Å². The lowest BCUT2D eigenvalue weighted by Crippen LogP contribution is -2.35. The minimum Gasteiger partial charge on any atom is -0.497 e. The van der Waals surface area contributed by atoms with E-state index in [1.54, 1.807) is 19.1 Å². The number of carbonyl (C=O) groups excluding carboxylic acids is 1. The molecule has 1 aliphatic carbocycles. The molecule has 1 atom stereocenters. The molecule has 1 saturated carbocycles. The molecule has 1 aromatic carbocycles. The van der Waals surface area contributed by atoms with Crippen LogP contribution in [0.1, 0.15) is 34.6 Å². The minimum absolute atomic E-state index is 0.0486. The van der Waals surface area contributed by atoms with E-state index in [0.717, 1.165) is 35.7 Å². The third-order valence-electron chi connectivity index (χ3n) is 4.97. The molecule has 5 nitrogen and oxygen atoms in total. The van der Waals surface area contributed by atoms with Gasteiger partial charge in [0.1, 0.15) is 5.75 Å². The van der Waals surface area contributed by atoms with Gasteiger partial charge in [-0.15, -0.1) is 0 Å². The molecule has 1 unspecified atom stereocenters. The van der Waals surface area contributed by atoms with Crippen molar-refractivity contribution < 1.29 is 14.6 Å². The Morgan fingerprint density at radius 3 is 2.52 bits per heavy atom. The van der Waals surface area contributed by atoms with Gasteiger partial charge in [-0.3, -0.25) is 4.79 Å². The third kappa shape index (κ3) is 3.56. The molecule has 1 aromatic heterocycles. The molecule has 0 radical (unpaired) electrons. The highest BCUT2D eigenvalue weighted by molar-refractivity contribution is 5.95. The molecule has 2 aromatic rings. The number of aryl methyl sites for hydroxylation is 1. The number of aliphatic hydroxyl groups is 1. The topological polar surface area (TPSA) is 54.7 Å². The number of aliphatic hydroxyl groups excluding tert-OH is 1. The Balaban J connectivity index is 1.83. The zero-order valence-corrected chi connectivity index (χ0v) is 15.3. The molecular formula is C20H26N2O3. The monoisotopic (exact) mass is 342 g/mol. The summed E-state index contributed by atoms with van der Waals surface area (Å²) in [4.78, 5) is 14.5. The molecule has 1 amide bonds. The summed E-state index contributed by atoms with van der Waals surface area (Å²) in [5, 5.41) is 10.1. The molecule has 25 heavy (non-hydrogen) atoms. The molecule has 5 heteroatoms. The van der Waals surface area contributed by atoms with Crippen molar-refractivity contribution in [2.45, 2.75) is 32.8 Å². The van der Waals surface area contributed by atoms with Crippen molar-refractivity contribution in [2.24, 2.45) is 5.92 Å². The Bertz CT molecular complexity index is 760. The molecule has 0 bridgehead atoms. The molecule has 1 aliphatic rings. The summed E-state index contributed by atoms with van der Waals surface area (Å²) in [6, 6.07) is 9.70. The van der Waals surface area contributed by atoms with Crippen LogP contribution in [0.4, 0.5) is 0 Å². The van der Waals surface area contributed by atoms with Crippen LogP contribution in [0.25, 0.3) is 5.69 Å². The third-order valence-corrected chi connectivity index (χ3v) is 4.97. The number of hydrogen-bond donors (Lipinski definition) is 1. The summed E-state index contributed by atoms with van der Waals surface area (Å²) in [5.74, 6) is 1.12. The highest BCUT2D eigenvalue weighted by Gasteiger charge is 2.31. The fourth-order valence-electron chi connectivity index (χ4n) is 3.31. The Hall–Kier alpha value is -2.27. The number of benzene rings is 1. The van der Waals surface area contributed by atoms with Gasteiger partial charge in [0.15, 0.2) is 0 Å². The number of ether oxygens (including phenoxy) is 1. The predicted molar refractivity (Wildman–Crippen MR) is 97.5 cm³/mol. The van der Waals surface area contributed by atoms with E-state index in [2.05, 4.69) is 4.57 Å². The largest absolute Gasteiger partial charge is 0.497 e. The standard InChI is InChI=1S/C20H26N2O3/c1-13-11-18(20(24)21(3)12-19(23)15-5-6-15)14(2)22(13)16-7-9-17(25-4)10-8-16/h7-11,15,19,23H,5-6,12H2,1-4H3. The van der Waals surface area contributed by atoms with Crippen molar-refractivity contribution in [2.75, 3.05) is 20.7 Å². The Kier molecular flexibility index (Phi) is 4.86. The van der Waals surface area contributed by atoms with Gasteiger partial charge < -0.3 is 19.3 Å². The van der Waals surface area contributed by atoms with Gasteiger partial charge in [-0.2, -0.15) is 0 Å². The fraction of sp³-hybridized carbons (Fsp3) is 0.450. The second-order valence-corrected chi connectivity index (χ2v) is 6.91. The summed E-state index contributed by atoms with van der Waals surface area (Å²) in [7, 11) is 3.40. The molecule has 134 valence electrons. The number of aromatic nitrogens is 1. The van der Waals surface area contributed by atoms with E-state index >= 15 is 0 Å². The molecule has 0 aliphatic heterocycles. The molecule has 1 heterocycles. The summed E-state index contributed by atoms with van der Waals surface area (Å²) in [6.45, 7) is 4.33. The molecule has 3 rings (SSSR count). The first-order valence-electron chi connectivity index (χ1n) is 8.69. The van der Waals surface area contributed by atoms with Crippen LogP contribution in [0.3, 0.4) is 0 Å². The van der Waals surface area contributed by atoms with Gasteiger partial charge in [-0.1, -0.05) is 0 Å². The quantitative estimate of drug-likeness (QED) is 0.878. The molecule has 1 N–H and O–H groups in total. The maximum Gasteiger partial charge on any atom is 0.255 e. The average Bonchev–Trinajstić information content (AvgIpc) is 3.40. The highest BCUT2D eigenvalue weighted by atomic mass is 16.5. The van der Waals surface area contributed by atoms with E-state index in [0.29, 0.717) is 18.0 Å². The second-order valence-electron chi connectivity index (χ2n) is 6.91. The Labute approximate surface area is 148 Å². The number of methoxy groups -OCH3 is 1. The maximum absolute atomic E-state index is 12.8. The van der Waals surface area contributed by atoms with E-state index in [-0.39, 0.29) is 5.91 Å². The number of carbonyl (C=O) groups is 1. The summed E-state index contributed by atoms with van der Waals surface area (Å²) >= 11 is 0. The van der Waals surface area contributed by atoms with Crippen LogP contribution in [0.2, 0.25) is 0 Å². The smallest absolute Gasteiger partial charge is 0.255 e. The van der Waals surface area contributed by atoms with Gasteiger partial charge in [0.05, 0.1) is 18.8 Å². The van der Waals surface area contributed by atoms with Crippen LogP contribution in [0, 0.1) is 19.8 Å². The summed E-state index contributed by atoms with van der Waals surface area (Å²) in [5.41, 5.74) is 3.58. The molecular weight excluding hydrogens is 316 g/mol. The van der Waals surface area contributed by atoms with Crippen LogP contribution in [0.15, 0.2) is 30.3 Å². The van der Waals surface area contributed by atoms with Crippen molar-refractivity contribution in [1.29, 1.82) is 0 Å². The van der Waals surface area contributed by atoms with E-state index in [4.69, 9.17) is 4.74 Å². The van der Waals surface area contributed by atoms with E-state index in [9.17, 15) is 9.90 Å². The van der Waals surface area contributed by atoms with Crippen LogP contribution >= 0.6 is 0 Å². The van der Waals surface area contributed by atoms with Gasteiger partial charge in [-0.05, 0) is 62.9 Å². The average molecular weight is 342 g/mol. The lowest BCUT2D eigenvalue weighted by molar-refractivity contribution is 0.0644. The minimum atomic E-state index is -0.418. The fourth-order valence-corrected chi connectivity index (χ4v) is 3.31. The van der Waals surface area contributed by atoms with Gasteiger partial charge in [0, 0.05) is 30.7 Å². The Morgan fingerprint density at radius 2 is 1.96 bits per heavy atom. The second kappa shape index (κ2) is 6.92. The van der Waals surface area contributed by atoms with Gasteiger partial charge in [-0.25, -0.2) is 0 Å². The number of amides is 1. The van der Waals surface area contributed by atoms with Gasteiger partial charge in [0.2, 0.25) is 0 Å². The summed E-state index contributed by atoms with van der Waals surface area (Å²) < 4.78 is 7.28. The van der Waals surface area contributed by atoms with Crippen LogP contribution < -0.4 is 4.74 Å². The van der Waals surface area contributed by atoms with Crippen molar-refractivity contribution >= 4 is 5.91 Å². The van der Waals surface area contributed by atoms with Crippen molar-refractivity contribution in [3.05, 3.63) is 47.3 Å². The SMILES string of the molecule is COc1ccc(-n2c(C)cc(C(=O)N(C)CC(O)C3CC3)c2C)cc1. The summed E-state index contributed by atoms with van der Waals surface area (Å²) in [6.07, 6.45) is 1.71. The number of hydrogen-bond acceptors (Lipinski definition) is 3. The van der Waals surface area contributed by atoms with Crippen LogP contribution in [-0.2, 0) is 0 Å². The maximum atomic E-state index is 12.8. The first kappa shape index (κ1) is 17.5. The highest BCUT2D eigenvalue weighted by Crippen LogP contribution is 2.33. The van der Waals surface area contributed by atoms with Crippen molar-refractivity contribution in [1.82, 2.24) is 9.47 Å². The first-order valence-corrected chi connectivity index (χ1v) is 8.69. The van der Waals surface area contributed by atoms with Crippen LogP contribution in [0.5, 0.6) is 5.75 Å².